The molecular formula is C10H11Li2N3O5S. The van der Waals surface area contributed by atoms with Gasteiger partial charge in [0.1, 0.15) is 6.10 Å². The van der Waals surface area contributed by atoms with Crippen LogP contribution in [0.2, 0.25) is 0 Å². The van der Waals surface area contributed by atoms with Crippen molar-refractivity contribution in [2.45, 2.75) is 24.2 Å². The van der Waals surface area contributed by atoms with Gasteiger partial charge >= 0.3 is 37.7 Å². The van der Waals surface area contributed by atoms with Crippen molar-refractivity contribution in [3.8, 4) is 0 Å². The smallest absolute Gasteiger partial charge is 0.547 e. The molecule has 1 aliphatic rings. The number of carboxylic acids is 1. The van der Waals surface area contributed by atoms with E-state index in [1.165, 1.54) is 19.4 Å². The Balaban J connectivity index is 0.00000200. The zero-order chi connectivity index (χ0) is 14.0. The van der Waals surface area contributed by atoms with E-state index in [1.807, 2.05) is 0 Å². The number of carboxylic acid groups (broad SMARTS) is 1. The van der Waals surface area contributed by atoms with Crippen LogP contribution in [0.4, 0.5) is 5.95 Å². The maximum absolute atomic E-state index is 11.6. The summed E-state index contributed by atoms with van der Waals surface area (Å²) in [5, 5.41) is 10.3. The van der Waals surface area contributed by atoms with Crippen molar-refractivity contribution in [3.63, 3.8) is 0 Å². The van der Waals surface area contributed by atoms with Crippen LogP contribution in [0.1, 0.15) is 24.6 Å². The largest absolute Gasteiger partial charge is 1.00 e. The first-order chi connectivity index (χ1) is 8.94. The van der Waals surface area contributed by atoms with E-state index in [9.17, 15) is 18.3 Å². The second kappa shape index (κ2) is 8.18. The van der Waals surface area contributed by atoms with Gasteiger partial charge in [-0.25, -0.2) is 8.42 Å². The maximum atomic E-state index is 11.6. The normalized spacial score (nSPS) is 15.3. The number of sulfonamides is 1. The standard InChI is InChI=1S/C10H13N3O5S.2Li/c1-18-8(9(14)15)7-4-5-11-10(12-7)13-19(16,17)6-2-3-6;;/h4-6,8H,2-3H2,1H3,(H2,11,12,13,14,15);;/q;2*+1/p-2. The summed E-state index contributed by atoms with van der Waals surface area (Å²) >= 11 is 0. The summed E-state index contributed by atoms with van der Waals surface area (Å²) in [6.07, 6.45) is 0.982. The molecule has 1 fully saturated rings. The predicted molar refractivity (Wildman–Crippen MR) is 61.7 cm³/mol. The van der Waals surface area contributed by atoms with Gasteiger partial charge in [0.25, 0.3) is 0 Å². The van der Waals surface area contributed by atoms with Crippen LogP contribution in [0, 0.1) is 0 Å². The van der Waals surface area contributed by atoms with Crippen molar-refractivity contribution in [1.82, 2.24) is 9.97 Å². The molecule has 0 saturated heterocycles. The van der Waals surface area contributed by atoms with Gasteiger partial charge in [0.15, 0.2) is 0 Å². The Bertz CT molecular complexity index is 594. The number of aromatic nitrogens is 2. The molecule has 0 amide bonds. The zero-order valence-corrected chi connectivity index (χ0v) is 12.8. The molecule has 1 unspecified atom stereocenters. The Labute approximate surface area is 146 Å². The van der Waals surface area contributed by atoms with Crippen molar-refractivity contribution in [2.75, 3.05) is 7.11 Å². The van der Waals surface area contributed by atoms with E-state index in [4.69, 9.17) is 4.74 Å². The van der Waals surface area contributed by atoms with E-state index in [-0.39, 0.29) is 49.4 Å². The minimum absolute atomic E-state index is 0. The van der Waals surface area contributed by atoms with Crippen molar-refractivity contribution < 1.29 is 60.8 Å². The van der Waals surface area contributed by atoms with E-state index in [0.717, 1.165) is 0 Å². The first-order valence-corrected chi connectivity index (χ1v) is 6.98. The molecule has 1 aromatic rings. The number of hydrogen-bond donors (Lipinski definition) is 0. The number of hydrogen-bond acceptors (Lipinski definition) is 7. The first kappa shape index (κ1) is 20.5. The Kier molecular flexibility index (Phi) is 7.97. The minimum atomic E-state index is -3.61. The summed E-state index contributed by atoms with van der Waals surface area (Å²) in [6.45, 7) is 0. The predicted octanol–water partition coefficient (Wildman–Crippen LogP) is -6.58. The molecule has 0 bridgehead atoms. The van der Waals surface area contributed by atoms with Gasteiger partial charge in [-0.3, -0.25) is 4.72 Å². The third kappa shape index (κ3) is 5.30. The minimum Gasteiger partial charge on any atom is -0.547 e. The Morgan fingerprint density at radius 2 is 2.10 bits per heavy atom. The molecule has 11 heteroatoms. The first-order valence-electron chi connectivity index (χ1n) is 5.47. The Hall–Kier alpha value is -0.545. The van der Waals surface area contributed by atoms with E-state index in [2.05, 4.69) is 14.7 Å². The van der Waals surface area contributed by atoms with Crippen LogP contribution in [-0.4, -0.2) is 36.7 Å². The van der Waals surface area contributed by atoms with Gasteiger partial charge in [0.2, 0.25) is 10.0 Å². The number of carbonyl (C=O) groups excluding carboxylic acids is 1. The van der Waals surface area contributed by atoms with Crippen LogP contribution < -0.4 is 42.8 Å². The summed E-state index contributed by atoms with van der Waals surface area (Å²) < 4.78 is 31.5. The topological polar surface area (TPSA) is 123 Å². The van der Waals surface area contributed by atoms with Crippen LogP contribution in [0.15, 0.2) is 12.3 Å². The van der Waals surface area contributed by atoms with Crippen LogP contribution in [-0.2, 0) is 19.6 Å². The molecule has 1 saturated carbocycles. The zero-order valence-electron chi connectivity index (χ0n) is 12.0. The fourth-order valence-electron chi connectivity index (χ4n) is 1.44. The molecule has 0 N–H and O–H groups in total. The molecule has 1 atom stereocenters. The number of aliphatic carboxylic acids is 1. The number of methoxy groups -OCH3 is 1. The van der Waals surface area contributed by atoms with Crippen molar-refractivity contribution >= 4 is 21.9 Å². The summed E-state index contributed by atoms with van der Waals surface area (Å²) in [5.74, 6) is -1.77. The average Bonchev–Trinajstić information content (AvgIpc) is 3.13. The molecule has 2 rings (SSSR count). The molecular weight excluding hydrogens is 288 g/mol. The van der Waals surface area contributed by atoms with Gasteiger partial charge in [-0.15, -0.1) is 0 Å². The van der Waals surface area contributed by atoms with E-state index >= 15 is 0 Å². The molecule has 1 aliphatic carbocycles. The van der Waals surface area contributed by atoms with Gasteiger partial charge in [-0.1, -0.05) is 6.07 Å². The van der Waals surface area contributed by atoms with Crippen LogP contribution in [0.5, 0.6) is 0 Å². The second-order valence-electron chi connectivity index (χ2n) is 4.02. The molecule has 21 heavy (non-hydrogen) atoms. The summed E-state index contributed by atoms with van der Waals surface area (Å²) in [4.78, 5) is 18.2. The number of nitrogens with zero attached hydrogens (tertiary/aromatic N) is 3. The molecule has 1 aromatic heterocycles. The molecule has 1 heterocycles. The number of rotatable bonds is 6. The van der Waals surface area contributed by atoms with Crippen molar-refractivity contribution in [2.24, 2.45) is 0 Å². The molecule has 0 radical (unpaired) electrons. The van der Waals surface area contributed by atoms with Crippen LogP contribution >= 0.6 is 0 Å². The molecule has 0 spiro atoms. The fraction of sp³-hybridized carbons (Fsp3) is 0.500. The van der Waals surface area contributed by atoms with Crippen LogP contribution in [0.3, 0.4) is 0 Å². The second-order valence-corrected chi connectivity index (χ2v) is 5.90. The van der Waals surface area contributed by atoms with Crippen molar-refractivity contribution in [3.05, 3.63) is 22.7 Å². The summed E-state index contributed by atoms with van der Waals surface area (Å²) in [6, 6.07) is 1.30. The quantitative estimate of drug-likeness (QED) is 0.478. The third-order valence-electron chi connectivity index (χ3n) is 2.54. The number of ether oxygens (including phenoxy) is 1. The van der Waals surface area contributed by atoms with E-state index < -0.39 is 27.3 Å². The average molecular weight is 299 g/mol. The molecule has 0 aromatic carbocycles. The SMILES string of the molecule is COC(C(=O)[O-])c1ccnc([N-]S(=O)(=O)C2CC2)n1.[Li+].[Li+]. The van der Waals surface area contributed by atoms with Gasteiger partial charge < -0.3 is 24.6 Å². The monoisotopic (exact) mass is 299 g/mol. The maximum Gasteiger partial charge on any atom is 1.00 e. The van der Waals surface area contributed by atoms with Gasteiger partial charge in [-0.2, -0.15) is 0 Å². The van der Waals surface area contributed by atoms with Gasteiger partial charge in [0.05, 0.1) is 11.2 Å². The van der Waals surface area contributed by atoms with Gasteiger partial charge in [0, 0.05) is 18.8 Å². The molecule has 104 valence electrons. The van der Waals surface area contributed by atoms with Crippen LogP contribution in [0.25, 0.3) is 4.72 Å². The molecule has 0 aliphatic heterocycles. The van der Waals surface area contributed by atoms with Gasteiger partial charge in [-0.05, 0) is 19.0 Å². The fourth-order valence-corrected chi connectivity index (χ4v) is 2.64. The van der Waals surface area contributed by atoms with Crippen molar-refractivity contribution in [1.29, 1.82) is 0 Å². The summed E-state index contributed by atoms with van der Waals surface area (Å²) in [5.41, 5.74) is -0.0118. The number of carbonyl (C=O) groups is 1. The summed E-state index contributed by atoms with van der Waals surface area (Å²) in [7, 11) is -2.43. The Morgan fingerprint density at radius 1 is 1.48 bits per heavy atom. The Morgan fingerprint density at radius 3 is 2.57 bits per heavy atom. The van der Waals surface area contributed by atoms with E-state index in [1.54, 1.807) is 0 Å². The third-order valence-corrected chi connectivity index (χ3v) is 4.27. The van der Waals surface area contributed by atoms with E-state index in [0.29, 0.717) is 12.8 Å². The molecule has 8 nitrogen and oxygen atoms in total.